The Bertz CT molecular complexity index is 1310. The highest BCUT2D eigenvalue weighted by Gasteiger charge is 2.32. The highest BCUT2D eigenvalue weighted by Crippen LogP contribution is 2.28. The number of nitrogens with one attached hydrogen (secondary N) is 1. The minimum atomic E-state index is -4.62. The Kier molecular flexibility index (Phi) is 4.30. The fourth-order valence-electron chi connectivity index (χ4n) is 2.80. The molecule has 0 fully saturated rings. The molecule has 1 aromatic carbocycles. The Balaban J connectivity index is 1.68. The van der Waals surface area contributed by atoms with E-state index in [4.69, 9.17) is 0 Å². The van der Waals surface area contributed by atoms with Crippen LogP contribution in [0, 0.1) is 0 Å². The molecule has 150 valence electrons. The van der Waals surface area contributed by atoms with E-state index in [9.17, 15) is 21.6 Å². The molecule has 0 saturated carbocycles. The zero-order valence-electron chi connectivity index (χ0n) is 14.8. The van der Waals surface area contributed by atoms with Crippen molar-refractivity contribution in [1.29, 1.82) is 0 Å². The summed E-state index contributed by atoms with van der Waals surface area (Å²) in [5.41, 5.74) is -0.202. The van der Waals surface area contributed by atoms with Crippen LogP contribution in [0.25, 0.3) is 16.7 Å². The number of nitrogens with zero attached hydrogens (tertiary/aromatic N) is 5. The van der Waals surface area contributed by atoms with E-state index in [1.165, 1.54) is 16.8 Å². The highest BCUT2D eigenvalue weighted by atomic mass is 32.2. The summed E-state index contributed by atoms with van der Waals surface area (Å²) in [4.78, 5) is 3.26. The Morgan fingerprint density at radius 3 is 2.55 bits per heavy atom. The number of rotatable bonds is 4. The summed E-state index contributed by atoms with van der Waals surface area (Å²) in [5.74, 6) is -0.157. The first-order chi connectivity index (χ1) is 13.6. The number of anilines is 1. The zero-order chi connectivity index (χ0) is 20.8. The van der Waals surface area contributed by atoms with Gasteiger partial charge in [0, 0.05) is 12.4 Å². The van der Waals surface area contributed by atoms with Crippen molar-refractivity contribution in [3.63, 3.8) is 0 Å². The van der Waals surface area contributed by atoms with Gasteiger partial charge in [0.15, 0.2) is 5.82 Å². The second-order valence-corrected chi connectivity index (χ2v) is 7.80. The molecule has 0 aliphatic carbocycles. The summed E-state index contributed by atoms with van der Waals surface area (Å²) in [5, 5.41) is 8.68. The number of alkyl halides is 3. The van der Waals surface area contributed by atoms with Crippen molar-refractivity contribution >= 4 is 26.6 Å². The van der Waals surface area contributed by atoms with Gasteiger partial charge in [0.25, 0.3) is 10.0 Å². The normalized spacial score (nSPS) is 12.4. The van der Waals surface area contributed by atoms with Gasteiger partial charge in [0.05, 0.1) is 29.8 Å². The van der Waals surface area contributed by atoms with Gasteiger partial charge in [-0.2, -0.15) is 23.4 Å². The molecular weight excluding hydrogens is 409 g/mol. The van der Waals surface area contributed by atoms with E-state index in [1.807, 2.05) is 0 Å². The molecular formula is C17H13F3N6O2S. The minimum absolute atomic E-state index is 0.157. The summed E-state index contributed by atoms with van der Waals surface area (Å²) < 4.78 is 69.0. The molecule has 4 rings (SSSR count). The van der Waals surface area contributed by atoms with Gasteiger partial charge in [0.1, 0.15) is 10.6 Å². The van der Waals surface area contributed by atoms with E-state index in [-0.39, 0.29) is 10.7 Å². The lowest BCUT2D eigenvalue weighted by atomic mass is 10.2. The van der Waals surface area contributed by atoms with Gasteiger partial charge in [-0.25, -0.2) is 18.1 Å². The molecule has 0 saturated heterocycles. The molecule has 0 spiro atoms. The summed E-state index contributed by atoms with van der Waals surface area (Å²) in [6, 6.07) is 8.33. The second-order valence-electron chi connectivity index (χ2n) is 6.12. The molecule has 3 aromatic heterocycles. The van der Waals surface area contributed by atoms with E-state index < -0.39 is 21.9 Å². The standard InChI is InChI=1S/C17H13F3N6O2S/c1-25-16-11(8-21-25)4-2-5-13(16)24-29(27,28)12-9-22-26(10-12)15-7-3-6-14(23-15)17(18,19)20/h2-10,24H,1H3. The lowest BCUT2D eigenvalue weighted by Crippen LogP contribution is -2.13. The van der Waals surface area contributed by atoms with Crippen LogP contribution in [-0.4, -0.2) is 33.0 Å². The van der Waals surface area contributed by atoms with Crippen LogP contribution in [0.2, 0.25) is 0 Å². The van der Waals surface area contributed by atoms with Crippen LogP contribution >= 0.6 is 0 Å². The predicted molar refractivity (Wildman–Crippen MR) is 97.9 cm³/mol. The van der Waals surface area contributed by atoms with Crippen LogP contribution in [0.5, 0.6) is 0 Å². The molecule has 0 amide bonds. The molecule has 0 aliphatic heterocycles. The van der Waals surface area contributed by atoms with Gasteiger partial charge in [-0.05, 0) is 18.2 Å². The molecule has 12 heteroatoms. The number of benzene rings is 1. The van der Waals surface area contributed by atoms with Gasteiger partial charge < -0.3 is 0 Å². The van der Waals surface area contributed by atoms with Crippen LogP contribution in [0.4, 0.5) is 18.9 Å². The van der Waals surface area contributed by atoms with Gasteiger partial charge in [-0.15, -0.1) is 0 Å². The summed E-state index contributed by atoms with van der Waals surface area (Å²) in [6.07, 6.45) is -0.895. The number of hydrogen-bond donors (Lipinski definition) is 1. The molecule has 29 heavy (non-hydrogen) atoms. The van der Waals surface area contributed by atoms with E-state index in [0.717, 1.165) is 28.5 Å². The maximum atomic E-state index is 12.8. The first kappa shape index (κ1) is 18.9. The molecule has 0 radical (unpaired) electrons. The highest BCUT2D eigenvalue weighted by molar-refractivity contribution is 7.92. The molecule has 4 aromatic rings. The van der Waals surface area contributed by atoms with Gasteiger partial charge >= 0.3 is 6.18 Å². The molecule has 3 heterocycles. The lowest BCUT2D eigenvalue weighted by Gasteiger charge is -2.09. The maximum Gasteiger partial charge on any atom is 0.433 e. The minimum Gasteiger partial charge on any atom is -0.277 e. The number of aryl methyl sites for hydroxylation is 1. The van der Waals surface area contributed by atoms with Crippen molar-refractivity contribution in [1.82, 2.24) is 24.5 Å². The maximum absolute atomic E-state index is 12.8. The Hall–Kier alpha value is -3.41. The Morgan fingerprint density at radius 2 is 1.79 bits per heavy atom. The van der Waals surface area contributed by atoms with Crippen LogP contribution < -0.4 is 4.72 Å². The van der Waals surface area contributed by atoms with Crippen molar-refractivity contribution in [2.75, 3.05) is 4.72 Å². The average molecular weight is 422 g/mol. The third-order valence-electron chi connectivity index (χ3n) is 4.13. The van der Waals surface area contributed by atoms with Gasteiger partial charge in [-0.1, -0.05) is 18.2 Å². The fraction of sp³-hybridized carbons (Fsp3) is 0.118. The van der Waals surface area contributed by atoms with Crippen molar-refractivity contribution < 1.29 is 21.6 Å². The number of pyridine rings is 1. The Labute approximate surface area is 162 Å². The predicted octanol–water partition coefficient (Wildman–Crippen LogP) is 2.97. The van der Waals surface area contributed by atoms with Crippen LogP contribution in [0.3, 0.4) is 0 Å². The second kappa shape index (κ2) is 6.58. The topological polar surface area (TPSA) is 94.7 Å². The summed E-state index contributed by atoms with van der Waals surface area (Å²) in [6.45, 7) is 0. The number of sulfonamides is 1. The van der Waals surface area contributed by atoms with Crippen LogP contribution in [0.1, 0.15) is 5.69 Å². The number of fused-ring (bicyclic) bond motifs is 1. The van der Waals surface area contributed by atoms with Crippen molar-refractivity contribution in [2.45, 2.75) is 11.1 Å². The largest absolute Gasteiger partial charge is 0.433 e. The van der Waals surface area contributed by atoms with Crippen molar-refractivity contribution in [2.24, 2.45) is 7.05 Å². The first-order valence-electron chi connectivity index (χ1n) is 8.18. The van der Waals surface area contributed by atoms with E-state index >= 15 is 0 Å². The quantitative estimate of drug-likeness (QED) is 0.546. The fourth-order valence-corrected chi connectivity index (χ4v) is 3.79. The third kappa shape index (κ3) is 3.53. The smallest absolute Gasteiger partial charge is 0.277 e. The van der Waals surface area contributed by atoms with Crippen LogP contribution in [-0.2, 0) is 23.2 Å². The van der Waals surface area contributed by atoms with Gasteiger partial charge in [0.2, 0.25) is 0 Å². The third-order valence-corrected chi connectivity index (χ3v) is 5.45. The molecule has 0 bridgehead atoms. The molecule has 1 N–H and O–H groups in total. The first-order valence-corrected chi connectivity index (χ1v) is 9.66. The van der Waals surface area contributed by atoms with Crippen molar-refractivity contribution in [3.05, 3.63) is 60.7 Å². The van der Waals surface area contributed by atoms with E-state index in [1.54, 1.807) is 31.4 Å². The molecule has 0 aliphatic rings. The van der Waals surface area contributed by atoms with Crippen molar-refractivity contribution in [3.8, 4) is 5.82 Å². The SMILES string of the molecule is Cn1ncc2cccc(NS(=O)(=O)c3cnn(-c4cccc(C(F)(F)F)n4)c3)c21. The Morgan fingerprint density at radius 1 is 1.03 bits per heavy atom. The number of halogens is 3. The molecule has 8 nitrogen and oxygen atoms in total. The average Bonchev–Trinajstić information content (AvgIpc) is 3.30. The van der Waals surface area contributed by atoms with Crippen LogP contribution in [0.15, 0.2) is 59.9 Å². The number of hydrogen-bond acceptors (Lipinski definition) is 5. The molecule has 0 unspecified atom stereocenters. The summed E-state index contributed by atoms with van der Waals surface area (Å²) in [7, 11) is -2.37. The number of para-hydroxylation sites is 1. The molecule has 0 atom stereocenters. The lowest BCUT2D eigenvalue weighted by molar-refractivity contribution is -0.141. The summed E-state index contributed by atoms with van der Waals surface area (Å²) >= 11 is 0. The monoisotopic (exact) mass is 422 g/mol. The zero-order valence-corrected chi connectivity index (χ0v) is 15.6. The number of aromatic nitrogens is 5. The van der Waals surface area contributed by atoms with E-state index in [0.29, 0.717) is 11.2 Å². The van der Waals surface area contributed by atoms with Gasteiger partial charge in [-0.3, -0.25) is 9.40 Å². The van der Waals surface area contributed by atoms with E-state index in [2.05, 4.69) is 19.9 Å².